The molecule has 26 heavy (non-hydrogen) atoms. The van der Waals surface area contributed by atoms with E-state index in [-0.39, 0.29) is 11.8 Å². The molecule has 0 N–H and O–H groups in total. The maximum atomic E-state index is 13.1. The lowest BCUT2D eigenvalue weighted by Crippen LogP contribution is -2.35. The van der Waals surface area contributed by atoms with E-state index < -0.39 is 0 Å². The molecule has 1 fully saturated rings. The maximum Gasteiger partial charge on any atom is 0.277 e. The summed E-state index contributed by atoms with van der Waals surface area (Å²) in [6.07, 6.45) is 6.32. The molecule has 3 rings (SSSR count). The monoisotopic (exact) mass is 356 g/mol. The van der Waals surface area contributed by atoms with Crippen molar-refractivity contribution in [3.63, 3.8) is 0 Å². The van der Waals surface area contributed by atoms with Crippen LogP contribution in [-0.2, 0) is 9.59 Å². The van der Waals surface area contributed by atoms with Crippen LogP contribution >= 0.6 is 0 Å². The van der Waals surface area contributed by atoms with Crippen LogP contribution in [0.4, 0.5) is 0 Å². The normalized spacial score (nSPS) is 17.6. The van der Waals surface area contributed by atoms with Gasteiger partial charge in [-0.3, -0.25) is 14.5 Å². The summed E-state index contributed by atoms with van der Waals surface area (Å²) in [6.45, 7) is 4.35. The minimum absolute atomic E-state index is 0.126. The molecular weight excluding hydrogens is 328 g/mol. The molecule has 0 spiro atoms. The second-order valence-corrected chi connectivity index (χ2v) is 6.97. The van der Waals surface area contributed by atoms with E-state index in [2.05, 4.69) is 11.8 Å². The van der Waals surface area contributed by atoms with Crippen LogP contribution in [0, 0.1) is 0 Å². The van der Waals surface area contributed by atoms with Crippen LogP contribution in [0.5, 0.6) is 5.75 Å². The van der Waals surface area contributed by atoms with Gasteiger partial charge < -0.3 is 9.64 Å². The number of carbonyl (C=O) groups excluding carboxylic acids is 2. The van der Waals surface area contributed by atoms with Crippen molar-refractivity contribution in [3.8, 4) is 5.75 Å². The number of ether oxygens (including phenoxy) is 1. The van der Waals surface area contributed by atoms with Crippen LogP contribution in [0.15, 0.2) is 30.0 Å². The number of imide groups is 1. The number of nitrogens with zero attached hydrogens (tertiary/aromatic N) is 2. The Morgan fingerprint density at radius 2 is 1.65 bits per heavy atom. The molecule has 140 valence electrons. The molecule has 0 radical (unpaired) electrons. The SMILES string of the molecule is CCCCCCN1C(=O)C(c2ccc(OC)cc2)=C(N2CCCC2)C1=O. The lowest BCUT2D eigenvalue weighted by molar-refractivity contribution is -0.137. The Morgan fingerprint density at radius 3 is 2.27 bits per heavy atom. The number of amides is 2. The number of unbranched alkanes of at least 4 members (excludes halogenated alkanes) is 3. The van der Waals surface area contributed by atoms with Crippen LogP contribution in [0.2, 0.25) is 0 Å². The number of benzene rings is 1. The predicted molar refractivity (Wildman–Crippen MR) is 102 cm³/mol. The van der Waals surface area contributed by atoms with E-state index in [1.165, 1.54) is 4.90 Å². The van der Waals surface area contributed by atoms with Gasteiger partial charge in [-0.1, -0.05) is 38.3 Å². The van der Waals surface area contributed by atoms with Gasteiger partial charge in [-0.15, -0.1) is 0 Å². The largest absolute Gasteiger partial charge is 0.497 e. The molecule has 2 aliphatic heterocycles. The van der Waals surface area contributed by atoms with Crippen LogP contribution in [0.1, 0.15) is 51.0 Å². The van der Waals surface area contributed by atoms with Gasteiger partial charge in [0.2, 0.25) is 0 Å². The number of carbonyl (C=O) groups is 2. The fourth-order valence-corrected chi connectivity index (χ4v) is 3.72. The number of hydrogen-bond acceptors (Lipinski definition) is 4. The summed E-state index contributed by atoms with van der Waals surface area (Å²) in [5, 5.41) is 0. The fraction of sp³-hybridized carbons (Fsp3) is 0.524. The van der Waals surface area contributed by atoms with Crippen molar-refractivity contribution in [3.05, 3.63) is 35.5 Å². The van der Waals surface area contributed by atoms with Crippen LogP contribution in [0.25, 0.3) is 5.57 Å². The quantitative estimate of drug-likeness (QED) is 0.529. The molecule has 1 saturated heterocycles. The highest BCUT2D eigenvalue weighted by Gasteiger charge is 2.41. The van der Waals surface area contributed by atoms with E-state index in [9.17, 15) is 9.59 Å². The van der Waals surface area contributed by atoms with Crippen molar-refractivity contribution in [2.75, 3.05) is 26.7 Å². The molecule has 0 unspecified atom stereocenters. The molecular formula is C21H28N2O3. The molecule has 2 amide bonds. The van der Waals surface area contributed by atoms with Crippen LogP contribution < -0.4 is 4.74 Å². The third-order valence-corrected chi connectivity index (χ3v) is 5.18. The number of hydrogen-bond donors (Lipinski definition) is 0. The van der Waals surface area contributed by atoms with Crippen molar-refractivity contribution < 1.29 is 14.3 Å². The Hall–Kier alpha value is -2.30. The average molecular weight is 356 g/mol. The van der Waals surface area contributed by atoms with Gasteiger partial charge in [0.25, 0.3) is 11.8 Å². The zero-order valence-electron chi connectivity index (χ0n) is 15.8. The zero-order valence-corrected chi connectivity index (χ0v) is 15.8. The Bertz CT molecular complexity index is 688. The molecule has 1 aromatic carbocycles. The first-order valence-electron chi connectivity index (χ1n) is 9.67. The summed E-state index contributed by atoms with van der Waals surface area (Å²) in [5.74, 6) is 0.461. The first-order chi connectivity index (χ1) is 12.7. The molecule has 5 nitrogen and oxygen atoms in total. The summed E-state index contributed by atoms with van der Waals surface area (Å²) in [6, 6.07) is 7.42. The molecule has 5 heteroatoms. The summed E-state index contributed by atoms with van der Waals surface area (Å²) in [5.41, 5.74) is 1.94. The van der Waals surface area contributed by atoms with E-state index in [4.69, 9.17) is 4.74 Å². The summed E-state index contributed by atoms with van der Waals surface area (Å²) in [7, 11) is 1.62. The van der Waals surface area contributed by atoms with Crippen molar-refractivity contribution in [2.24, 2.45) is 0 Å². The van der Waals surface area contributed by atoms with Crippen molar-refractivity contribution in [1.29, 1.82) is 0 Å². The number of likely N-dealkylation sites (tertiary alicyclic amines) is 1. The molecule has 2 heterocycles. The van der Waals surface area contributed by atoms with Crippen LogP contribution in [-0.4, -0.2) is 48.4 Å². The summed E-state index contributed by atoms with van der Waals surface area (Å²) < 4.78 is 5.21. The van der Waals surface area contributed by atoms with Crippen molar-refractivity contribution in [1.82, 2.24) is 9.80 Å². The Morgan fingerprint density at radius 1 is 0.962 bits per heavy atom. The van der Waals surface area contributed by atoms with Gasteiger partial charge in [0.05, 0.1) is 12.7 Å². The molecule has 2 aliphatic rings. The highest BCUT2D eigenvalue weighted by atomic mass is 16.5. The van der Waals surface area contributed by atoms with E-state index in [1.54, 1.807) is 7.11 Å². The van der Waals surface area contributed by atoms with E-state index in [1.807, 2.05) is 24.3 Å². The molecule has 0 aliphatic carbocycles. The van der Waals surface area contributed by atoms with Gasteiger partial charge in [-0.25, -0.2) is 0 Å². The first-order valence-corrected chi connectivity index (χ1v) is 9.67. The predicted octanol–water partition coefficient (Wildman–Crippen LogP) is 3.45. The average Bonchev–Trinajstić information content (AvgIpc) is 3.26. The van der Waals surface area contributed by atoms with Gasteiger partial charge in [-0.05, 0) is 37.0 Å². The lowest BCUT2D eigenvalue weighted by atomic mass is 10.0. The summed E-state index contributed by atoms with van der Waals surface area (Å²) in [4.78, 5) is 29.7. The molecule has 0 atom stereocenters. The second-order valence-electron chi connectivity index (χ2n) is 6.97. The minimum atomic E-state index is -0.154. The van der Waals surface area contributed by atoms with Crippen LogP contribution in [0.3, 0.4) is 0 Å². The first kappa shape index (κ1) is 18.5. The molecule has 0 saturated carbocycles. The van der Waals surface area contributed by atoms with E-state index in [0.717, 1.165) is 62.9 Å². The van der Waals surface area contributed by atoms with Crippen molar-refractivity contribution >= 4 is 17.4 Å². The van der Waals surface area contributed by atoms with E-state index in [0.29, 0.717) is 17.8 Å². The Labute approximate surface area is 155 Å². The van der Waals surface area contributed by atoms with Gasteiger partial charge >= 0.3 is 0 Å². The van der Waals surface area contributed by atoms with E-state index >= 15 is 0 Å². The molecule has 0 bridgehead atoms. The minimum Gasteiger partial charge on any atom is -0.497 e. The van der Waals surface area contributed by atoms with Crippen molar-refractivity contribution in [2.45, 2.75) is 45.4 Å². The summed E-state index contributed by atoms with van der Waals surface area (Å²) >= 11 is 0. The third-order valence-electron chi connectivity index (χ3n) is 5.18. The Balaban J connectivity index is 1.89. The third kappa shape index (κ3) is 3.62. The zero-order chi connectivity index (χ0) is 18.5. The highest BCUT2D eigenvalue weighted by molar-refractivity contribution is 6.35. The van der Waals surface area contributed by atoms with Gasteiger partial charge in [0.1, 0.15) is 11.4 Å². The maximum absolute atomic E-state index is 13.1. The standard InChI is InChI=1S/C21H28N2O3/c1-3-4-5-6-15-23-20(24)18(16-9-11-17(26-2)12-10-16)19(21(23)25)22-13-7-8-14-22/h9-12H,3-8,13-15H2,1-2H3. The highest BCUT2D eigenvalue weighted by Crippen LogP contribution is 2.34. The number of methoxy groups -OCH3 is 1. The molecule has 1 aromatic rings. The smallest absolute Gasteiger partial charge is 0.277 e. The van der Waals surface area contributed by atoms with Gasteiger partial charge in [0, 0.05) is 19.6 Å². The number of rotatable bonds is 8. The molecule has 0 aromatic heterocycles. The van der Waals surface area contributed by atoms with Gasteiger partial charge in [0.15, 0.2) is 0 Å². The topological polar surface area (TPSA) is 49.9 Å². The second kappa shape index (κ2) is 8.39. The van der Waals surface area contributed by atoms with Gasteiger partial charge in [-0.2, -0.15) is 0 Å². The Kier molecular flexibility index (Phi) is 5.96. The lowest BCUT2D eigenvalue weighted by Gasteiger charge is -2.20. The fourth-order valence-electron chi connectivity index (χ4n) is 3.72.